The maximum Gasteiger partial charge on any atom is 0.314 e. The molecule has 8 heteroatoms. The second kappa shape index (κ2) is 6.55. The maximum absolute atomic E-state index is 11.7. The van der Waals surface area contributed by atoms with Crippen LogP contribution in [0.5, 0.6) is 0 Å². The van der Waals surface area contributed by atoms with Gasteiger partial charge in [-0.25, -0.2) is 4.79 Å². The zero-order chi connectivity index (χ0) is 15.3. The molecule has 1 heterocycles. The van der Waals surface area contributed by atoms with Crippen LogP contribution in [-0.2, 0) is 18.3 Å². The van der Waals surface area contributed by atoms with Crippen LogP contribution in [0.4, 0.5) is 4.79 Å². The van der Waals surface area contributed by atoms with Crippen molar-refractivity contribution < 1.29 is 14.7 Å². The summed E-state index contributed by atoms with van der Waals surface area (Å²) in [6, 6.07) is -0.343. The molecule has 2 rings (SSSR count). The molecule has 1 aliphatic rings. The summed E-state index contributed by atoms with van der Waals surface area (Å²) in [5, 5.41) is 22.4. The average molecular weight is 295 g/mol. The van der Waals surface area contributed by atoms with E-state index in [1.807, 2.05) is 7.05 Å². The Balaban J connectivity index is 1.72. The van der Waals surface area contributed by atoms with Crippen LogP contribution in [0, 0.1) is 5.41 Å². The van der Waals surface area contributed by atoms with Gasteiger partial charge in [-0.15, -0.1) is 10.2 Å². The van der Waals surface area contributed by atoms with E-state index in [1.165, 1.54) is 0 Å². The molecule has 1 saturated carbocycles. The Morgan fingerprint density at radius 3 is 2.67 bits per heavy atom. The van der Waals surface area contributed by atoms with E-state index < -0.39 is 11.4 Å². The molecule has 0 aliphatic heterocycles. The van der Waals surface area contributed by atoms with Crippen LogP contribution in [0.25, 0.3) is 0 Å². The smallest absolute Gasteiger partial charge is 0.314 e. The van der Waals surface area contributed by atoms with Crippen molar-refractivity contribution in [2.24, 2.45) is 12.5 Å². The van der Waals surface area contributed by atoms with Crippen molar-refractivity contribution in [1.82, 2.24) is 25.4 Å². The lowest BCUT2D eigenvalue weighted by molar-refractivity contribution is -0.148. The summed E-state index contributed by atoms with van der Waals surface area (Å²) in [6.45, 7) is 0.608. The van der Waals surface area contributed by atoms with E-state index in [4.69, 9.17) is 0 Å². The lowest BCUT2D eigenvalue weighted by Gasteiger charge is -2.23. The van der Waals surface area contributed by atoms with Gasteiger partial charge in [0.2, 0.25) is 0 Å². The van der Waals surface area contributed by atoms with Crippen LogP contribution < -0.4 is 10.6 Å². The van der Waals surface area contributed by atoms with Crippen LogP contribution in [0.3, 0.4) is 0 Å². The predicted octanol–water partition coefficient (Wildman–Crippen LogP) is 0.302. The Morgan fingerprint density at radius 1 is 1.38 bits per heavy atom. The van der Waals surface area contributed by atoms with Crippen molar-refractivity contribution in [3.05, 3.63) is 12.2 Å². The number of carbonyl (C=O) groups is 2. The normalized spacial score (nSPS) is 16.6. The minimum Gasteiger partial charge on any atom is -0.481 e. The summed E-state index contributed by atoms with van der Waals surface area (Å²) < 4.78 is 1.79. The van der Waals surface area contributed by atoms with Crippen LogP contribution in [0.2, 0.25) is 0 Å². The van der Waals surface area contributed by atoms with E-state index in [1.54, 1.807) is 10.9 Å². The summed E-state index contributed by atoms with van der Waals surface area (Å²) in [5.41, 5.74) is -0.791. The molecule has 0 bridgehead atoms. The first-order valence-corrected chi connectivity index (χ1v) is 7.11. The molecular formula is C13H21N5O3. The molecular weight excluding hydrogens is 274 g/mol. The highest BCUT2D eigenvalue weighted by atomic mass is 16.4. The molecule has 0 radical (unpaired) electrons. The standard InChI is InChI=1S/C13H21N5O3/c1-18-9-16-17-10(18)4-7-14-12(21)15-8-13(11(19)20)5-2-3-6-13/h9H,2-8H2,1H3,(H,19,20)(H2,14,15,21). The molecule has 1 aromatic rings. The molecule has 1 aliphatic carbocycles. The monoisotopic (exact) mass is 295 g/mol. The van der Waals surface area contributed by atoms with Crippen LogP contribution in [-0.4, -0.2) is 45.0 Å². The van der Waals surface area contributed by atoms with Gasteiger partial charge in [0.15, 0.2) is 0 Å². The number of carboxylic acid groups (broad SMARTS) is 1. The van der Waals surface area contributed by atoms with Gasteiger partial charge < -0.3 is 20.3 Å². The van der Waals surface area contributed by atoms with Gasteiger partial charge in [-0.1, -0.05) is 12.8 Å². The molecule has 0 unspecified atom stereocenters. The predicted molar refractivity (Wildman–Crippen MR) is 74.6 cm³/mol. The fraction of sp³-hybridized carbons (Fsp3) is 0.692. The number of amides is 2. The summed E-state index contributed by atoms with van der Waals surface area (Å²) in [4.78, 5) is 23.1. The molecule has 0 saturated heterocycles. The van der Waals surface area contributed by atoms with E-state index in [0.29, 0.717) is 25.8 Å². The van der Waals surface area contributed by atoms with Crippen molar-refractivity contribution in [2.75, 3.05) is 13.1 Å². The summed E-state index contributed by atoms with van der Waals surface area (Å²) in [7, 11) is 1.84. The molecule has 2 amide bonds. The minimum atomic E-state index is -0.820. The molecule has 1 aromatic heterocycles. The quantitative estimate of drug-likeness (QED) is 0.699. The van der Waals surface area contributed by atoms with Crippen molar-refractivity contribution in [1.29, 1.82) is 0 Å². The number of aryl methyl sites for hydroxylation is 1. The van der Waals surface area contributed by atoms with Crippen LogP contribution >= 0.6 is 0 Å². The van der Waals surface area contributed by atoms with E-state index in [-0.39, 0.29) is 12.6 Å². The molecule has 3 N–H and O–H groups in total. The fourth-order valence-corrected chi connectivity index (χ4v) is 2.65. The number of hydrogen-bond donors (Lipinski definition) is 3. The first kappa shape index (κ1) is 15.3. The Labute approximate surface area is 122 Å². The number of carbonyl (C=O) groups excluding carboxylic acids is 1. The van der Waals surface area contributed by atoms with Gasteiger partial charge in [-0.05, 0) is 12.8 Å². The van der Waals surface area contributed by atoms with Crippen molar-refractivity contribution in [3.63, 3.8) is 0 Å². The second-order valence-electron chi connectivity index (χ2n) is 5.51. The number of aromatic nitrogens is 3. The molecule has 0 spiro atoms. The summed E-state index contributed by atoms with van der Waals surface area (Å²) in [5.74, 6) is -0.0347. The second-order valence-corrected chi connectivity index (χ2v) is 5.51. The largest absolute Gasteiger partial charge is 0.481 e. The van der Waals surface area contributed by atoms with Crippen molar-refractivity contribution in [3.8, 4) is 0 Å². The first-order valence-electron chi connectivity index (χ1n) is 7.11. The van der Waals surface area contributed by atoms with E-state index >= 15 is 0 Å². The van der Waals surface area contributed by atoms with Gasteiger partial charge in [-0.3, -0.25) is 4.79 Å². The first-order chi connectivity index (χ1) is 10.0. The summed E-state index contributed by atoms with van der Waals surface area (Å²) >= 11 is 0. The molecule has 21 heavy (non-hydrogen) atoms. The van der Waals surface area contributed by atoms with Gasteiger partial charge in [0.1, 0.15) is 12.2 Å². The summed E-state index contributed by atoms with van der Waals surface area (Å²) in [6.07, 6.45) is 5.24. The zero-order valence-corrected chi connectivity index (χ0v) is 12.1. The lowest BCUT2D eigenvalue weighted by atomic mass is 9.86. The van der Waals surface area contributed by atoms with Crippen LogP contribution in [0.1, 0.15) is 31.5 Å². The number of nitrogens with zero attached hydrogens (tertiary/aromatic N) is 3. The Bertz CT molecular complexity index is 508. The SMILES string of the molecule is Cn1cnnc1CCNC(=O)NCC1(C(=O)O)CCCC1. The topological polar surface area (TPSA) is 109 Å². The van der Waals surface area contributed by atoms with E-state index in [9.17, 15) is 14.7 Å². The third kappa shape index (κ3) is 3.71. The third-order valence-electron chi connectivity index (χ3n) is 4.04. The number of nitrogens with one attached hydrogen (secondary N) is 2. The van der Waals surface area contributed by atoms with Gasteiger partial charge in [0.05, 0.1) is 5.41 Å². The fourth-order valence-electron chi connectivity index (χ4n) is 2.65. The number of urea groups is 1. The Hall–Kier alpha value is -2.12. The van der Waals surface area contributed by atoms with Gasteiger partial charge in [0, 0.05) is 26.6 Å². The zero-order valence-electron chi connectivity index (χ0n) is 12.1. The van der Waals surface area contributed by atoms with E-state index in [0.717, 1.165) is 18.7 Å². The highest BCUT2D eigenvalue weighted by Crippen LogP contribution is 2.37. The maximum atomic E-state index is 11.7. The average Bonchev–Trinajstić information content (AvgIpc) is 3.07. The highest BCUT2D eigenvalue weighted by molar-refractivity contribution is 5.78. The lowest BCUT2D eigenvalue weighted by Crippen LogP contribution is -2.45. The Kier molecular flexibility index (Phi) is 4.77. The third-order valence-corrected chi connectivity index (χ3v) is 4.04. The Morgan fingerprint density at radius 2 is 2.10 bits per heavy atom. The number of hydrogen-bond acceptors (Lipinski definition) is 4. The number of aliphatic carboxylic acids is 1. The minimum absolute atomic E-state index is 0.179. The van der Waals surface area contributed by atoms with Gasteiger partial charge in [-0.2, -0.15) is 0 Å². The van der Waals surface area contributed by atoms with Crippen molar-refractivity contribution >= 4 is 12.0 Å². The molecule has 0 atom stereocenters. The molecule has 0 aromatic carbocycles. The molecule has 116 valence electrons. The number of rotatable bonds is 6. The van der Waals surface area contributed by atoms with E-state index in [2.05, 4.69) is 20.8 Å². The van der Waals surface area contributed by atoms with Gasteiger partial charge in [0.25, 0.3) is 0 Å². The van der Waals surface area contributed by atoms with Crippen molar-refractivity contribution in [2.45, 2.75) is 32.1 Å². The molecule has 8 nitrogen and oxygen atoms in total. The molecule has 1 fully saturated rings. The van der Waals surface area contributed by atoms with Gasteiger partial charge >= 0.3 is 12.0 Å². The highest BCUT2D eigenvalue weighted by Gasteiger charge is 2.41. The number of carboxylic acids is 1. The van der Waals surface area contributed by atoms with Crippen LogP contribution in [0.15, 0.2) is 6.33 Å².